The molecule has 0 bridgehead atoms. The zero-order valence-electron chi connectivity index (χ0n) is 9.93. The minimum atomic E-state index is -0.578. The molecular weight excluding hydrogens is 212 g/mol. The number of rotatable bonds is 4. The molecule has 2 aromatic rings. The van der Waals surface area contributed by atoms with Crippen LogP contribution in [0.1, 0.15) is 11.6 Å². The average Bonchev–Trinajstić information content (AvgIpc) is 2.39. The van der Waals surface area contributed by atoms with E-state index < -0.39 is 6.10 Å². The molecule has 2 aromatic carbocycles. The van der Waals surface area contributed by atoms with Crippen molar-refractivity contribution in [2.75, 3.05) is 13.6 Å². The Labute approximate surface area is 101 Å². The standard InChI is InChI=1S/C14H18N2O/c1-16-14(13(17)9-15)12-8-4-6-10-5-2-3-7-11(10)12/h2-8,13-14,16-17H,9,15H2,1H3. The summed E-state index contributed by atoms with van der Waals surface area (Å²) in [6, 6.07) is 14.1. The molecule has 3 heteroatoms. The summed E-state index contributed by atoms with van der Waals surface area (Å²) < 4.78 is 0. The fraction of sp³-hybridized carbons (Fsp3) is 0.286. The highest BCUT2D eigenvalue weighted by Gasteiger charge is 2.19. The summed E-state index contributed by atoms with van der Waals surface area (Å²) in [5, 5.41) is 15.4. The molecule has 0 fully saturated rings. The second-order valence-corrected chi connectivity index (χ2v) is 4.14. The van der Waals surface area contributed by atoms with Crippen LogP contribution in [-0.2, 0) is 0 Å². The third kappa shape index (κ3) is 2.31. The lowest BCUT2D eigenvalue weighted by Gasteiger charge is -2.23. The third-order valence-electron chi connectivity index (χ3n) is 3.10. The largest absolute Gasteiger partial charge is 0.390 e. The van der Waals surface area contributed by atoms with Gasteiger partial charge in [-0.15, -0.1) is 0 Å². The van der Waals surface area contributed by atoms with Gasteiger partial charge in [0.1, 0.15) is 0 Å². The van der Waals surface area contributed by atoms with Gasteiger partial charge in [0, 0.05) is 6.54 Å². The average molecular weight is 230 g/mol. The molecule has 4 N–H and O–H groups in total. The van der Waals surface area contributed by atoms with Crippen LogP contribution in [0.15, 0.2) is 42.5 Å². The van der Waals surface area contributed by atoms with E-state index in [2.05, 4.69) is 23.5 Å². The number of nitrogens with one attached hydrogen (secondary N) is 1. The van der Waals surface area contributed by atoms with Crippen molar-refractivity contribution in [2.24, 2.45) is 5.73 Å². The summed E-state index contributed by atoms with van der Waals surface area (Å²) in [6.07, 6.45) is -0.578. The zero-order chi connectivity index (χ0) is 12.3. The van der Waals surface area contributed by atoms with E-state index in [-0.39, 0.29) is 12.6 Å². The van der Waals surface area contributed by atoms with Gasteiger partial charge in [-0.3, -0.25) is 0 Å². The number of aliphatic hydroxyl groups excluding tert-OH is 1. The van der Waals surface area contributed by atoms with Crippen molar-refractivity contribution in [1.29, 1.82) is 0 Å². The van der Waals surface area contributed by atoms with Crippen LogP contribution in [0.5, 0.6) is 0 Å². The molecule has 0 amide bonds. The molecule has 0 saturated heterocycles. The zero-order valence-corrected chi connectivity index (χ0v) is 9.93. The van der Waals surface area contributed by atoms with Gasteiger partial charge in [0.25, 0.3) is 0 Å². The van der Waals surface area contributed by atoms with Gasteiger partial charge in [-0.2, -0.15) is 0 Å². The number of likely N-dealkylation sites (N-methyl/N-ethyl adjacent to an activating group) is 1. The van der Waals surface area contributed by atoms with Crippen LogP contribution in [0.2, 0.25) is 0 Å². The van der Waals surface area contributed by atoms with E-state index in [0.29, 0.717) is 0 Å². The van der Waals surface area contributed by atoms with Crippen LogP contribution in [-0.4, -0.2) is 24.8 Å². The van der Waals surface area contributed by atoms with Crippen molar-refractivity contribution in [3.05, 3.63) is 48.0 Å². The summed E-state index contributed by atoms with van der Waals surface area (Å²) in [7, 11) is 1.84. The molecule has 2 atom stereocenters. The lowest BCUT2D eigenvalue weighted by atomic mass is 9.95. The number of aliphatic hydroxyl groups is 1. The maximum Gasteiger partial charge on any atom is 0.0856 e. The van der Waals surface area contributed by atoms with Crippen molar-refractivity contribution in [1.82, 2.24) is 5.32 Å². The Balaban J connectivity index is 2.53. The molecule has 0 aliphatic carbocycles. The first-order chi connectivity index (χ1) is 8.27. The Morgan fingerprint density at radius 2 is 1.88 bits per heavy atom. The Morgan fingerprint density at radius 3 is 2.59 bits per heavy atom. The number of nitrogens with two attached hydrogens (primary N) is 1. The topological polar surface area (TPSA) is 58.3 Å². The van der Waals surface area contributed by atoms with E-state index in [1.165, 1.54) is 5.39 Å². The molecule has 0 spiro atoms. The van der Waals surface area contributed by atoms with E-state index in [4.69, 9.17) is 5.73 Å². The predicted octanol–water partition coefficient (Wildman–Crippen LogP) is 1.42. The fourth-order valence-electron chi connectivity index (χ4n) is 2.21. The maximum atomic E-state index is 9.94. The van der Waals surface area contributed by atoms with Gasteiger partial charge in [0.2, 0.25) is 0 Å². The quantitative estimate of drug-likeness (QED) is 0.744. The highest BCUT2D eigenvalue weighted by Crippen LogP contribution is 2.25. The van der Waals surface area contributed by atoms with Gasteiger partial charge >= 0.3 is 0 Å². The van der Waals surface area contributed by atoms with Crippen molar-refractivity contribution >= 4 is 10.8 Å². The van der Waals surface area contributed by atoms with Crippen LogP contribution in [0.25, 0.3) is 10.8 Å². The Bertz CT molecular complexity index is 493. The third-order valence-corrected chi connectivity index (χ3v) is 3.10. The van der Waals surface area contributed by atoms with Gasteiger partial charge in [0.15, 0.2) is 0 Å². The molecule has 17 heavy (non-hydrogen) atoms. The molecule has 0 aromatic heterocycles. The van der Waals surface area contributed by atoms with Crippen molar-refractivity contribution < 1.29 is 5.11 Å². The number of fused-ring (bicyclic) bond motifs is 1. The van der Waals surface area contributed by atoms with Crippen LogP contribution in [0, 0.1) is 0 Å². The van der Waals surface area contributed by atoms with Crippen molar-refractivity contribution in [3.63, 3.8) is 0 Å². The molecule has 3 nitrogen and oxygen atoms in total. The summed E-state index contributed by atoms with van der Waals surface area (Å²) >= 11 is 0. The van der Waals surface area contributed by atoms with Gasteiger partial charge in [-0.1, -0.05) is 42.5 Å². The van der Waals surface area contributed by atoms with Crippen LogP contribution >= 0.6 is 0 Å². The van der Waals surface area contributed by atoms with Gasteiger partial charge in [-0.05, 0) is 23.4 Å². The molecule has 0 aliphatic rings. The van der Waals surface area contributed by atoms with E-state index in [9.17, 15) is 5.11 Å². The Kier molecular flexibility index (Phi) is 3.74. The predicted molar refractivity (Wildman–Crippen MR) is 70.8 cm³/mol. The van der Waals surface area contributed by atoms with Gasteiger partial charge in [0.05, 0.1) is 12.1 Å². The van der Waals surface area contributed by atoms with Gasteiger partial charge < -0.3 is 16.2 Å². The van der Waals surface area contributed by atoms with Crippen molar-refractivity contribution in [2.45, 2.75) is 12.1 Å². The fourth-order valence-corrected chi connectivity index (χ4v) is 2.21. The second kappa shape index (κ2) is 5.27. The van der Waals surface area contributed by atoms with Crippen molar-refractivity contribution in [3.8, 4) is 0 Å². The van der Waals surface area contributed by atoms with Gasteiger partial charge in [-0.25, -0.2) is 0 Å². The number of benzene rings is 2. The lowest BCUT2D eigenvalue weighted by molar-refractivity contribution is 0.139. The second-order valence-electron chi connectivity index (χ2n) is 4.14. The molecular formula is C14H18N2O. The SMILES string of the molecule is CNC(c1cccc2ccccc12)C(O)CN. The smallest absolute Gasteiger partial charge is 0.0856 e. The molecule has 0 saturated carbocycles. The summed E-state index contributed by atoms with van der Waals surface area (Å²) in [5.74, 6) is 0. The number of hydrogen-bond acceptors (Lipinski definition) is 3. The monoisotopic (exact) mass is 230 g/mol. The molecule has 0 aliphatic heterocycles. The summed E-state index contributed by atoms with van der Waals surface area (Å²) in [5.41, 5.74) is 6.63. The summed E-state index contributed by atoms with van der Waals surface area (Å²) in [4.78, 5) is 0. The first kappa shape index (κ1) is 12.0. The highest BCUT2D eigenvalue weighted by atomic mass is 16.3. The normalized spacial score (nSPS) is 14.8. The maximum absolute atomic E-state index is 9.94. The minimum absolute atomic E-state index is 0.133. The van der Waals surface area contributed by atoms with Crippen LogP contribution in [0.4, 0.5) is 0 Å². The Hall–Kier alpha value is -1.42. The first-order valence-electron chi connectivity index (χ1n) is 5.81. The van der Waals surface area contributed by atoms with Crippen LogP contribution < -0.4 is 11.1 Å². The Morgan fingerprint density at radius 1 is 1.18 bits per heavy atom. The van der Waals surface area contributed by atoms with Crippen LogP contribution in [0.3, 0.4) is 0 Å². The molecule has 2 rings (SSSR count). The molecule has 2 unspecified atom stereocenters. The van der Waals surface area contributed by atoms with E-state index in [1.807, 2.05) is 31.3 Å². The number of hydrogen-bond donors (Lipinski definition) is 3. The van der Waals surface area contributed by atoms with E-state index in [0.717, 1.165) is 10.9 Å². The molecule has 90 valence electrons. The highest BCUT2D eigenvalue weighted by molar-refractivity contribution is 5.86. The van der Waals surface area contributed by atoms with E-state index in [1.54, 1.807) is 0 Å². The summed E-state index contributed by atoms with van der Waals surface area (Å²) in [6.45, 7) is 0.245. The molecule has 0 heterocycles. The molecule has 0 radical (unpaired) electrons. The first-order valence-corrected chi connectivity index (χ1v) is 5.81. The minimum Gasteiger partial charge on any atom is -0.390 e. The van der Waals surface area contributed by atoms with E-state index >= 15 is 0 Å². The lowest BCUT2D eigenvalue weighted by Crippen LogP contribution is -2.35.